The van der Waals surface area contributed by atoms with Gasteiger partial charge in [0.1, 0.15) is 0 Å². The molecule has 1 aromatic rings. The van der Waals surface area contributed by atoms with E-state index in [1.807, 2.05) is 0 Å². The summed E-state index contributed by atoms with van der Waals surface area (Å²) in [7, 11) is 0.761. The molecule has 0 spiro atoms. The molecule has 1 heterocycles. The van der Waals surface area contributed by atoms with Crippen molar-refractivity contribution in [1.82, 2.24) is 0 Å². The van der Waals surface area contributed by atoms with Gasteiger partial charge in [-0.1, -0.05) is 23.2 Å². The predicted octanol–water partition coefficient (Wildman–Crippen LogP) is 3.13. The first-order valence-corrected chi connectivity index (χ1v) is 6.02. The number of alkyl halides is 3. The van der Waals surface area contributed by atoms with Gasteiger partial charge in [0.2, 0.25) is 0 Å². The van der Waals surface area contributed by atoms with Gasteiger partial charge in [0.15, 0.2) is 0 Å². The van der Waals surface area contributed by atoms with Crippen LogP contribution in [0.15, 0.2) is 23.4 Å². The van der Waals surface area contributed by atoms with E-state index >= 15 is 0 Å². The molecule has 0 aromatic heterocycles. The van der Waals surface area contributed by atoms with Crippen LogP contribution >= 0.6 is 23.2 Å². The molecule has 1 atom stereocenters. The lowest BCUT2D eigenvalue weighted by Gasteiger charge is -2.24. The Morgan fingerprint density at radius 1 is 1.29 bits per heavy atom. The number of halogens is 5. The minimum Gasteiger partial charge on any atom is -0.463 e. The summed E-state index contributed by atoms with van der Waals surface area (Å²) in [5.74, 6) is -6.03. The molecule has 5 nitrogen and oxygen atoms in total. The SMILES string of the molecule is COC(=O)C1(C(F)(F)F)ON=C(c2cc(Cl)cc(Cl)c2)O1. The fraction of sp³-hybridized carbons (Fsp3) is 0.273. The third kappa shape index (κ3) is 2.73. The summed E-state index contributed by atoms with van der Waals surface area (Å²) in [6.45, 7) is 0. The highest BCUT2D eigenvalue weighted by molar-refractivity contribution is 6.35. The first-order chi connectivity index (χ1) is 9.69. The van der Waals surface area contributed by atoms with Crippen LogP contribution in [0.3, 0.4) is 0 Å². The van der Waals surface area contributed by atoms with Crippen molar-refractivity contribution in [2.75, 3.05) is 7.11 Å². The molecule has 1 unspecified atom stereocenters. The summed E-state index contributed by atoms with van der Waals surface area (Å²) in [6.07, 6.45) is -5.20. The van der Waals surface area contributed by atoms with Crippen molar-refractivity contribution >= 4 is 35.1 Å². The molecule has 0 aliphatic carbocycles. The highest BCUT2D eigenvalue weighted by Gasteiger charge is 2.71. The largest absolute Gasteiger partial charge is 0.482 e. The van der Waals surface area contributed by atoms with Crippen molar-refractivity contribution in [3.63, 3.8) is 0 Å². The smallest absolute Gasteiger partial charge is 0.463 e. The molecule has 1 aliphatic rings. The van der Waals surface area contributed by atoms with Gasteiger partial charge in [-0.3, -0.25) is 0 Å². The molecule has 2 rings (SSSR count). The molecule has 0 N–H and O–H groups in total. The Morgan fingerprint density at radius 3 is 2.33 bits per heavy atom. The number of carbonyl (C=O) groups is 1. The summed E-state index contributed by atoms with van der Waals surface area (Å²) >= 11 is 11.5. The van der Waals surface area contributed by atoms with Crippen molar-refractivity contribution < 1.29 is 32.3 Å². The quantitative estimate of drug-likeness (QED) is 0.774. The van der Waals surface area contributed by atoms with Gasteiger partial charge in [-0.25, -0.2) is 4.79 Å². The summed E-state index contributed by atoms with van der Waals surface area (Å²) in [4.78, 5) is 15.6. The number of benzene rings is 1. The number of hydrogen-bond donors (Lipinski definition) is 0. The summed E-state index contributed by atoms with van der Waals surface area (Å²) in [5.41, 5.74) is 0.0162. The lowest BCUT2D eigenvalue weighted by atomic mass is 10.2. The molecule has 10 heteroatoms. The van der Waals surface area contributed by atoms with Crippen LogP contribution in [0.4, 0.5) is 13.2 Å². The van der Waals surface area contributed by atoms with Crippen LogP contribution in [-0.2, 0) is 19.1 Å². The van der Waals surface area contributed by atoms with E-state index in [0.29, 0.717) is 0 Å². The number of hydrogen-bond acceptors (Lipinski definition) is 5. The summed E-state index contributed by atoms with van der Waals surface area (Å²) < 4.78 is 47.7. The first-order valence-electron chi connectivity index (χ1n) is 5.26. The van der Waals surface area contributed by atoms with E-state index in [4.69, 9.17) is 23.2 Å². The van der Waals surface area contributed by atoms with Crippen LogP contribution in [0.5, 0.6) is 0 Å². The number of ether oxygens (including phenoxy) is 2. The van der Waals surface area contributed by atoms with Gasteiger partial charge < -0.3 is 14.3 Å². The number of methoxy groups -OCH3 is 1. The van der Waals surface area contributed by atoms with Crippen molar-refractivity contribution in [3.8, 4) is 0 Å². The second-order valence-corrected chi connectivity index (χ2v) is 4.73. The third-order valence-corrected chi connectivity index (χ3v) is 2.87. The Kier molecular flexibility index (Phi) is 3.94. The molecule has 21 heavy (non-hydrogen) atoms. The second kappa shape index (κ2) is 5.27. The number of oxime groups is 1. The van der Waals surface area contributed by atoms with E-state index in [1.165, 1.54) is 18.2 Å². The Bertz CT molecular complexity index is 600. The Hall–Kier alpha value is -1.67. The predicted molar refractivity (Wildman–Crippen MR) is 66.0 cm³/mol. The van der Waals surface area contributed by atoms with Crippen LogP contribution in [0.1, 0.15) is 5.56 Å². The number of rotatable bonds is 2. The number of carbonyl (C=O) groups excluding carboxylic acids is 1. The van der Waals surface area contributed by atoms with Crippen molar-refractivity contribution in [2.45, 2.75) is 12.0 Å². The van der Waals surface area contributed by atoms with E-state index in [2.05, 4.69) is 19.5 Å². The van der Waals surface area contributed by atoms with Gasteiger partial charge in [0.05, 0.1) is 7.11 Å². The van der Waals surface area contributed by atoms with Gasteiger partial charge in [-0.05, 0) is 23.4 Å². The Labute approximate surface area is 126 Å². The fourth-order valence-electron chi connectivity index (χ4n) is 1.51. The van der Waals surface area contributed by atoms with Crippen molar-refractivity contribution in [2.24, 2.45) is 5.16 Å². The van der Waals surface area contributed by atoms with Crippen LogP contribution in [0.2, 0.25) is 10.0 Å². The zero-order valence-electron chi connectivity index (χ0n) is 10.2. The van der Waals surface area contributed by atoms with E-state index in [9.17, 15) is 18.0 Å². The standard InChI is InChI=1S/C11H6Cl2F3NO4/c1-19-9(18)10(11(14,15)16)20-8(17-21-10)5-2-6(12)4-7(13)3-5/h2-4H,1H3. The number of nitrogens with zero attached hydrogens (tertiary/aromatic N) is 1. The van der Waals surface area contributed by atoms with E-state index in [1.54, 1.807) is 0 Å². The second-order valence-electron chi connectivity index (χ2n) is 3.85. The van der Waals surface area contributed by atoms with Gasteiger partial charge in [0.25, 0.3) is 5.90 Å². The maximum absolute atomic E-state index is 13.0. The van der Waals surface area contributed by atoms with Crippen LogP contribution < -0.4 is 0 Å². The highest BCUT2D eigenvalue weighted by Crippen LogP contribution is 2.40. The highest BCUT2D eigenvalue weighted by atomic mass is 35.5. The Balaban J connectivity index is 2.38. The number of esters is 1. The summed E-state index contributed by atoms with van der Waals surface area (Å²) in [5, 5.41) is 3.42. The minimum absolute atomic E-state index is 0.0162. The zero-order chi connectivity index (χ0) is 15.8. The maximum Gasteiger partial charge on any atom is 0.482 e. The molecule has 0 bridgehead atoms. The maximum atomic E-state index is 13.0. The topological polar surface area (TPSA) is 57.1 Å². The molecular formula is C11H6Cl2F3NO4. The van der Waals surface area contributed by atoms with Crippen LogP contribution in [0.25, 0.3) is 0 Å². The van der Waals surface area contributed by atoms with Crippen LogP contribution in [0, 0.1) is 0 Å². The first kappa shape index (κ1) is 15.7. The fourth-order valence-corrected chi connectivity index (χ4v) is 2.03. The minimum atomic E-state index is -5.20. The molecule has 0 fully saturated rings. The Morgan fingerprint density at radius 2 is 1.86 bits per heavy atom. The van der Waals surface area contributed by atoms with Crippen molar-refractivity contribution in [1.29, 1.82) is 0 Å². The molecular weight excluding hydrogens is 338 g/mol. The lowest BCUT2D eigenvalue weighted by molar-refractivity contribution is -0.332. The van der Waals surface area contributed by atoms with Gasteiger partial charge in [-0.15, -0.1) is 0 Å². The monoisotopic (exact) mass is 343 g/mol. The van der Waals surface area contributed by atoms with E-state index in [0.717, 1.165) is 7.11 Å². The third-order valence-electron chi connectivity index (χ3n) is 2.43. The van der Waals surface area contributed by atoms with Crippen molar-refractivity contribution in [3.05, 3.63) is 33.8 Å². The van der Waals surface area contributed by atoms with Gasteiger partial charge in [0, 0.05) is 15.6 Å². The zero-order valence-corrected chi connectivity index (χ0v) is 11.7. The average molecular weight is 344 g/mol. The van der Waals surface area contributed by atoms with Gasteiger partial charge >= 0.3 is 17.9 Å². The normalized spacial score (nSPS) is 21.3. The molecule has 0 amide bonds. The van der Waals surface area contributed by atoms with Crippen LogP contribution in [-0.4, -0.2) is 30.9 Å². The van der Waals surface area contributed by atoms with E-state index < -0.39 is 23.8 Å². The lowest BCUT2D eigenvalue weighted by Crippen LogP contribution is -2.54. The molecule has 1 aromatic carbocycles. The summed E-state index contributed by atoms with van der Waals surface area (Å²) in [6, 6.07) is 3.86. The molecule has 0 saturated heterocycles. The molecule has 114 valence electrons. The molecule has 0 saturated carbocycles. The van der Waals surface area contributed by atoms with E-state index in [-0.39, 0.29) is 15.6 Å². The molecule has 1 aliphatic heterocycles. The average Bonchev–Trinajstić information content (AvgIpc) is 2.82. The molecule has 0 radical (unpaired) electrons. The van der Waals surface area contributed by atoms with Gasteiger partial charge in [-0.2, -0.15) is 13.2 Å².